The molecular weight excluding hydrogens is 356 g/mol. The average molecular weight is 373 g/mol. The van der Waals surface area contributed by atoms with Crippen LogP contribution in [0.3, 0.4) is 0 Å². The summed E-state index contributed by atoms with van der Waals surface area (Å²) in [6.45, 7) is 3.17. The number of aryl methyl sites for hydroxylation is 3. The molecule has 7 nitrogen and oxygen atoms in total. The van der Waals surface area contributed by atoms with Crippen molar-refractivity contribution >= 4 is 34.2 Å². The predicted molar refractivity (Wildman–Crippen MR) is 101 cm³/mol. The van der Waals surface area contributed by atoms with Crippen molar-refractivity contribution in [2.75, 3.05) is 5.32 Å². The van der Waals surface area contributed by atoms with Gasteiger partial charge in [0.2, 0.25) is 5.91 Å². The second kappa shape index (κ2) is 6.76. The topological polar surface area (TPSA) is 86.0 Å². The molecule has 2 aromatic heterocycles. The van der Waals surface area contributed by atoms with E-state index in [9.17, 15) is 14.4 Å². The maximum Gasteiger partial charge on any atom is 0.332 e. The normalized spacial score (nSPS) is 10.9. The zero-order valence-corrected chi connectivity index (χ0v) is 15.3. The molecule has 1 N–H and O–H groups in total. The number of carbonyl (C=O) groups excluding carboxylic acids is 1. The number of pyridine rings is 1. The number of halogens is 1. The minimum atomic E-state index is -0.596. The summed E-state index contributed by atoms with van der Waals surface area (Å²) in [6, 6.07) is 8.39. The van der Waals surface area contributed by atoms with Gasteiger partial charge >= 0.3 is 5.69 Å². The van der Waals surface area contributed by atoms with Crippen LogP contribution in [0.25, 0.3) is 11.0 Å². The fourth-order valence-electron chi connectivity index (χ4n) is 2.87. The Morgan fingerprint density at radius 2 is 1.96 bits per heavy atom. The van der Waals surface area contributed by atoms with Crippen LogP contribution in [-0.2, 0) is 18.4 Å². The van der Waals surface area contributed by atoms with Crippen LogP contribution in [0.15, 0.2) is 39.9 Å². The average Bonchev–Trinajstić information content (AvgIpc) is 2.56. The van der Waals surface area contributed by atoms with E-state index in [0.717, 1.165) is 4.57 Å². The molecule has 0 aliphatic rings. The largest absolute Gasteiger partial charge is 0.332 e. The summed E-state index contributed by atoms with van der Waals surface area (Å²) in [7, 11) is 1.53. The minimum absolute atomic E-state index is 0.309. The monoisotopic (exact) mass is 372 g/mol. The highest BCUT2D eigenvalue weighted by Crippen LogP contribution is 2.15. The van der Waals surface area contributed by atoms with Crippen molar-refractivity contribution in [1.29, 1.82) is 0 Å². The van der Waals surface area contributed by atoms with Gasteiger partial charge in [0.15, 0.2) is 0 Å². The molecule has 0 radical (unpaired) electrons. The third-order valence-electron chi connectivity index (χ3n) is 4.03. The molecule has 2 heterocycles. The third kappa shape index (κ3) is 3.25. The number of hydrogen-bond donors (Lipinski definition) is 1. The Kier molecular flexibility index (Phi) is 4.65. The van der Waals surface area contributed by atoms with Gasteiger partial charge in [-0.25, -0.2) is 9.78 Å². The van der Waals surface area contributed by atoms with Gasteiger partial charge in [0.25, 0.3) is 5.56 Å². The van der Waals surface area contributed by atoms with Crippen LogP contribution in [-0.4, -0.2) is 20.0 Å². The summed E-state index contributed by atoms with van der Waals surface area (Å²) in [5.41, 5.74) is 1.08. The van der Waals surface area contributed by atoms with Crippen LogP contribution < -0.4 is 16.6 Å². The molecule has 1 amide bonds. The Labute approximate surface area is 153 Å². The second-order valence-corrected chi connectivity index (χ2v) is 6.51. The molecule has 0 atom stereocenters. The van der Waals surface area contributed by atoms with Crippen molar-refractivity contribution in [2.24, 2.45) is 7.05 Å². The quantitative estimate of drug-likeness (QED) is 0.762. The molecule has 26 heavy (non-hydrogen) atoms. The van der Waals surface area contributed by atoms with E-state index < -0.39 is 23.7 Å². The van der Waals surface area contributed by atoms with Crippen LogP contribution >= 0.6 is 11.6 Å². The van der Waals surface area contributed by atoms with E-state index in [1.165, 1.54) is 11.6 Å². The summed E-state index contributed by atoms with van der Waals surface area (Å²) in [5, 5.41) is 3.43. The molecule has 3 rings (SSSR count). The molecule has 134 valence electrons. The lowest BCUT2D eigenvalue weighted by Gasteiger charge is -2.12. The van der Waals surface area contributed by atoms with Gasteiger partial charge in [-0.05, 0) is 43.7 Å². The molecule has 0 aliphatic heterocycles. The highest BCUT2D eigenvalue weighted by molar-refractivity contribution is 6.30. The number of benzene rings is 1. The summed E-state index contributed by atoms with van der Waals surface area (Å²) >= 11 is 5.89. The van der Waals surface area contributed by atoms with Gasteiger partial charge in [0, 0.05) is 23.5 Å². The molecule has 0 fully saturated rings. The number of amides is 1. The fourth-order valence-corrected chi connectivity index (χ4v) is 3.06. The van der Waals surface area contributed by atoms with Gasteiger partial charge in [-0.2, -0.15) is 0 Å². The van der Waals surface area contributed by atoms with Gasteiger partial charge in [0.05, 0.1) is 5.39 Å². The fraction of sp³-hybridized carbons (Fsp3) is 0.222. The SMILES string of the molecule is Cc1cc(C)c2c(=O)n(CC(=O)Nc3cccc(Cl)c3)c(=O)n(C)c2n1. The lowest BCUT2D eigenvalue weighted by molar-refractivity contribution is -0.116. The maximum atomic E-state index is 12.8. The number of hydrogen-bond acceptors (Lipinski definition) is 4. The van der Waals surface area contributed by atoms with E-state index in [1.807, 2.05) is 0 Å². The number of nitrogens with zero attached hydrogens (tertiary/aromatic N) is 3. The van der Waals surface area contributed by atoms with Crippen molar-refractivity contribution in [3.05, 3.63) is 67.4 Å². The van der Waals surface area contributed by atoms with E-state index in [0.29, 0.717) is 33.0 Å². The molecular formula is C18H17ClN4O3. The van der Waals surface area contributed by atoms with E-state index in [4.69, 9.17) is 11.6 Å². The van der Waals surface area contributed by atoms with Crippen molar-refractivity contribution < 1.29 is 4.79 Å². The third-order valence-corrected chi connectivity index (χ3v) is 4.27. The number of carbonyl (C=O) groups is 1. The van der Waals surface area contributed by atoms with E-state index in [1.54, 1.807) is 44.2 Å². The molecule has 1 aromatic carbocycles. The first-order valence-electron chi connectivity index (χ1n) is 7.91. The van der Waals surface area contributed by atoms with Crippen LogP contribution in [0.2, 0.25) is 5.02 Å². The van der Waals surface area contributed by atoms with Crippen molar-refractivity contribution in [1.82, 2.24) is 14.1 Å². The zero-order valence-electron chi connectivity index (χ0n) is 14.5. The molecule has 0 saturated heterocycles. The van der Waals surface area contributed by atoms with E-state index >= 15 is 0 Å². The zero-order chi connectivity index (χ0) is 19.0. The summed E-state index contributed by atoms with van der Waals surface area (Å²) in [5.74, 6) is -0.497. The van der Waals surface area contributed by atoms with Crippen LogP contribution in [0.5, 0.6) is 0 Å². The van der Waals surface area contributed by atoms with Crippen LogP contribution in [0.1, 0.15) is 11.3 Å². The Morgan fingerprint density at radius 3 is 2.65 bits per heavy atom. The summed E-state index contributed by atoms with van der Waals surface area (Å²) in [4.78, 5) is 41.9. The number of nitrogens with one attached hydrogen (secondary N) is 1. The summed E-state index contributed by atoms with van der Waals surface area (Å²) in [6.07, 6.45) is 0. The first kappa shape index (κ1) is 17.9. The summed E-state index contributed by atoms with van der Waals surface area (Å²) < 4.78 is 2.19. The van der Waals surface area contributed by atoms with Gasteiger partial charge in [-0.15, -0.1) is 0 Å². The van der Waals surface area contributed by atoms with Gasteiger partial charge in [-0.3, -0.25) is 18.7 Å². The van der Waals surface area contributed by atoms with Crippen molar-refractivity contribution in [3.63, 3.8) is 0 Å². The minimum Gasteiger partial charge on any atom is -0.324 e. The Morgan fingerprint density at radius 1 is 1.23 bits per heavy atom. The van der Waals surface area contributed by atoms with Crippen LogP contribution in [0, 0.1) is 13.8 Å². The molecule has 0 bridgehead atoms. The van der Waals surface area contributed by atoms with Crippen LogP contribution in [0.4, 0.5) is 5.69 Å². The van der Waals surface area contributed by atoms with E-state index in [-0.39, 0.29) is 0 Å². The first-order valence-corrected chi connectivity index (χ1v) is 8.29. The highest BCUT2D eigenvalue weighted by Gasteiger charge is 2.16. The molecule has 0 spiro atoms. The maximum absolute atomic E-state index is 12.8. The van der Waals surface area contributed by atoms with Crippen molar-refractivity contribution in [2.45, 2.75) is 20.4 Å². The predicted octanol–water partition coefficient (Wildman–Crippen LogP) is 2.00. The molecule has 0 aliphatic carbocycles. The molecule has 3 aromatic rings. The van der Waals surface area contributed by atoms with Gasteiger partial charge in [0.1, 0.15) is 12.2 Å². The van der Waals surface area contributed by atoms with Crippen molar-refractivity contribution in [3.8, 4) is 0 Å². The Hall–Kier alpha value is -2.93. The molecule has 0 saturated carbocycles. The second-order valence-electron chi connectivity index (χ2n) is 6.07. The molecule has 0 unspecified atom stereocenters. The Bertz CT molecular complexity index is 1150. The molecule has 8 heteroatoms. The smallest absolute Gasteiger partial charge is 0.324 e. The lowest BCUT2D eigenvalue weighted by Crippen LogP contribution is -2.42. The number of aromatic nitrogens is 3. The number of rotatable bonds is 3. The first-order chi connectivity index (χ1) is 12.3. The number of fused-ring (bicyclic) bond motifs is 1. The van der Waals surface area contributed by atoms with Gasteiger partial charge < -0.3 is 5.32 Å². The standard InChI is InChI=1S/C18H17ClN4O3/c1-10-7-11(2)20-16-15(10)17(25)23(18(26)22(16)3)9-14(24)21-13-6-4-5-12(19)8-13/h4-8H,9H2,1-3H3,(H,21,24). The highest BCUT2D eigenvalue weighted by atomic mass is 35.5. The number of anilines is 1. The van der Waals surface area contributed by atoms with E-state index in [2.05, 4.69) is 10.3 Å². The van der Waals surface area contributed by atoms with Gasteiger partial charge in [-0.1, -0.05) is 17.7 Å². The Balaban J connectivity index is 2.04. The lowest BCUT2D eigenvalue weighted by atomic mass is 10.2.